The van der Waals surface area contributed by atoms with Crippen molar-refractivity contribution in [1.29, 1.82) is 0 Å². The maximum absolute atomic E-state index is 3.87. The number of fused-ring (bicyclic) bond motifs is 1. The molecule has 1 atom stereocenters. The highest BCUT2D eigenvalue weighted by Crippen LogP contribution is 2.30. The van der Waals surface area contributed by atoms with E-state index in [2.05, 4.69) is 41.2 Å². The molecule has 0 saturated heterocycles. The van der Waals surface area contributed by atoms with Gasteiger partial charge in [0.05, 0.1) is 0 Å². The highest BCUT2D eigenvalue weighted by molar-refractivity contribution is 5.31. The summed E-state index contributed by atoms with van der Waals surface area (Å²) < 4.78 is 0. The first kappa shape index (κ1) is 12.7. The van der Waals surface area contributed by atoms with Crippen LogP contribution in [0.3, 0.4) is 0 Å². The number of aromatic nitrogens is 2. The van der Waals surface area contributed by atoms with Gasteiger partial charge >= 0.3 is 0 Å². The Balaban J connectivity index is 0.000000149. The molecule has 1 aliphatic rings. The van der Waals surface area contributed by atoms with Crippen molar-refractivity contribution in [3.8, 4) is 0 Å². The Morgan fingerprint density at radius 3 is 2.39 bits per heavy atom. The van der Waals surface area contributed by atoms with Crippen molar-refractivity contribution in [3.63, 3.8) is 0 Å². The predicted octanol–water partition coefficient (Wildman–Crippen LogP) is 3.91. The van der Waals surface area contributed by atoms with E-state index in [1.165, 1.54) is 19.3 Å². The second-order valence-electron chi connectivity index (χ2n) is 4.79. The summed E-state index contributed by atoms with van der Waals surface area (Å²) in [5.41, 5.74) is 3.16. The number of nitrogens with zero attached hydrogens (tertiary/aromatic N) is 2. The van der Waals surface area contributed by atoms with Crippen LogP contribution in [0.1, 0.15) is 42.6 Å². The second-order valence-corrected chi connectivity index (χ2v) is 4.79. The summed E-state index contributed by atoms with van der Waals surface area (Å²) >= 11 is 0. The van der Waals surface area contributed by atoms with Crippen LogP contribution in [0.5, 0.6) is 0 Å². The monoisotopic (exact) mass is 240 g/mol. The zero-order chi connectivity index (χ0) is 12.8. The molecular weight excluding hydrogens is 220 g/mol. The Bertz CT molecular complexity index is 479. The second kappa shape index (κ2) is 6.29. The SMILES string of the molecule is CC1CCCc2ccccc21.Cc1ncccn1. The molecule has 2 aromatic rings. The van der Waals surface area contributed by atoms with Crippen molar-refractivity contribution < 1.29 is 0 Å². The molecule has 1 aromatic carbocycles. The Morgan fingerprint density at radius 2 is 1.78 bits per heavy atom. The lowest BCUT2D eigenvalue weighted by atomic mass is 9.84. The molecule has 2 heteroatoms. The molecule has 1 aromatic heterocycles. The molecule has 0 radical (unpaired) electrons. The third-order valence-corrected chi connectivity index (χ3v) is 3.36. The normalized spacial score (nSPS) is 17.3. The summed E-state index contributed by atoms with van der Waals surface area (Å²) in [5, 5.41) is 0. The van der Waals surface area contributed by atoms with Crippen LogP contribution in [0, 0.1) is 6.92 Å². The molecule has 18 heavy (non-hydrogen) atoms. The van der Waals surface area contributed by atoms with Crippen LogP contribution in [0.15, 0.2) is 42.7 Å². The van der Waals surface area contributed by atoms with E-state index in [-0.39, 0.29) is 0 Å². The first-order valence-corrected chi connectivity index (χ1v) is 6.59. The minimum atomic E-state index is 0.792. The van der Waals surface area contributed by atoms with Crippen LogP contribution in [-0.4, -0.2) is 9.97 Å². The molecule has 0 saturated carbocycles. The van der Waals surface area contributed by atoms with E-state index in [0.29, 0.717) is 0 Å². The average Bonchev–Trinajstić information content (AvgIpc) is 2.41. The minimum absolute atomic E-state index is 0.792. The van der Waals surface area contributed by atoms with Crippen molar-refractivity contribution in [2.75, 3.05) is 0 Å². The van der Waals surface area contributed by atoms with Crippen molar-refractivity contribution in [2.24, 2.45) is 0 Å². The zero-order valence-corrected chi connectivity index (χ0v) is 11.1. The van der Waals surface area contributed by atoms with Crippen LogP contribution in [0.2, 0.25) is 0 Å². The van der Waals surface area contributed by atoms with Gasteiger partial charge in [-0.1, -0.05) is 31.2 Å². The Morgan fingerprint density at radius 1 is 1.06 bits per heavy atom. The highest BCUT2D eigenvalue weighted by atomic mass is 14.8. The van der Waals surface area contributed by atoms with E-state index in [0.717, 1.165) is 11.7 Å². The Kier molecular flexibility index (Phi) is 4.46. The predicted molar refractivity (Wildman–Crippen MR) is 74.6 cm³/mol. The van der Waals surface area contributed by atoms with Gasteiger partial charge in [-0.15, -0.1) is 0 Å². The number of aryl methyl sites for hydroxylation is 2. The van der Waals surface area contributed by atoms with Gasteiger partial charge in [-0.05, 0) is 49.3 Å². The Hall–Kier alpha value is -1.70. The molecule has 94 valence electrons. The van der Waals surface area contributed by atoms with Crippen molar-refractivity contribution in [1.82, 2.24) is 9.97 Å². The van der Waals surface area contributed by atoms with Gasteiger partial charge in [0.25, 0.3) is 0 Å². The minimum Gasteiger partial charge on any atom is -0.242 e. The van der Waals surface area contributed by atoms with Gasteiger partial charge < -0.3 is 0 Å². The summed E-state index contributed by atoms with van der Waals surface area (Å²) in [6, 6.07) is 10.6. The lowest BCUT2D eigenvalue weighted by Gasteiger charge is -2.21. The molecular formula is C16H20N2. The summed E-state index contributed by atoms with van der Waals surface area (Å²) in [6.07, 6.45) is 7.49. The summed E-state index contributed by atoms with van der Waals surface area (Å²) in [7, 11) is 0. The van der Waals surface area contributed by atoms with Crippen LogP contribution < -0.4 is 0 Å². The zero-order valence-electron chi connectivity index (χ0n) is 11.1. The third-order valence-electron chi connectivity index (χ3n) is 3.36. The fraction of sp³-hybridized carbons (Fsp3) is 0.375. The van der Waals surface area contributed by atoms with E-state index >= 15 is 0 Å². The molecule has 3 rings (SSSR count). The van der Waals surface area contributed by atoms with E-state index < -0.39 is 0 Å². The molecule has 2 nitrogen and oxygen atoms in total. The number of benzene rings is 1. The summed E-state index contributed by atoms with van der Waals surface area (Å²) in [5.74, 6) is 1.61. The molecule has 1 aliphatic carbocycles. The van der Waals surface area contributed by atoms with E-state index in [9.17, 15) is 0 Å². The van der Waals surface area contributed by atoms with Gasteiger partial charge in [0.15, 0.2) is 0 Å². The van der Waals surface area contributed by atoms with Gasteiger partial charge in [-0.25, -0.2) is 9.97 Å². The fourth-order valence-corrected chi connectivity index (χ4v) is 2.37. The fourth-order valence-electron chi connectivity index (χ4n) is 2.37. The molecule has 0 bridgehead atoms. The summed E-state index contributed by atoms with van der Waals surface area (Å²) in [6.45, 7) is 4.19. The van der Waals surface area contributed by atoms with Gasteiger partial charge in [-0.3, -0.25) is 0 Å². The Labute approximate surface area is 109 Å². The van der Waals surface area contributed by atoms with Crippen LogP contribution in [-0.2, 0) is 6.42 Å². The molecule has 0 spiro atoms. The quantitative estimate of drug-likeness (QED) is 0.697. The topological polar surface area (TPSA) is 25.8 Å². The lowest BCUT2D eigenvalue weighted by molar-refractivity contribution is 0.590. The first-order chi connectivity index (χ1) is 8.77. The maximum atomic E-state index is 3.87. The molecule has 0 amide bonds. The van der Waals surface area contributed by atoms with Gasteiger partial charge in [0.2, 0.25) is 0 Å². The van der Waals surface area contributed by atoms with Gasteiger partial charge in [0, 0.05) is 12.4 Å². The third kappa shape index (κ3) is 3.39. The van der Waals surface area contributed by atoms with E-state index in [1.54, 1.807) is 29.6 Å². The highest BCUT2D eigenvalue weighted by Gasteiger charge is 2.14. The number of hydrogen-bond donors (Lipinski definition) is 0. The van der Waals surface area contributed by atoms with Crippen LogP contribution >= 0.6 is 0 Å². The van der Waals surface area contributed by atoms with Crippen LogP contribution in [0.25, 0.3) is 0 Å². The van der Waals surface area contributed by atoms with Crippen molar-refractivity contribution in [2.45, 2.75) is 39.0 Å². The smallest absolute Gasteiger partial charge is 0.125 e. The van der Waals surface area contributed by atoms with E-state index in [1.807, 2.05) is 6.92 Å². The van der Waals surface area contributed by atoms with Crippen molar-refractivity contribution in [3.05, 3.63) is 59.7 Å². The largest absolute Gasteiger partial charge is 0.242 e. The lowest BCUT2D eigenvalue weighted by Crippen LogP contribution is -2.05. The molecule has 0 aliphatic heterocycles. The molecule has 1 heterocycles. The average molecular weight is 240 g/mol. The van der Waals surface area contributed by atoms with Gasteiger partial charge in [-0.2, -0.15) is 0 Å². The van der Waals surface area contributed by atoms with Crippen molar-refractivity contribution >= 4 is 0 Å². The maximum Gasteiger partial charge on any atom is 0.125 e. The number of rotatable bonds is 0. The summed E-state index contributed by atoms with van der Waals surface area (Å²) in [4.78, 5) is 7.74. The molecule has 0 fully saturated rings. The first-order valence-electron chi connectivity index (χ1n) is 6.59. The molecule has 1 unspecified atom stereocenters. The standard InChI is InChI=1S/C11H14.C5H6N2/c1-9-5-4-7-10-6-2-3-8-11(9)10;1-5-6-3-2-4-7-5/h2-3,6,8-9H,4-5,7H2,1H3;2-4H,1H3. The van der Waals surface area contributed by atoms with Crippen LogP contribution in [0.4, 0.5) is 0 Å². The van der Waals surface area contributed by atoms with E-state index in [4.69, 9.17) is 0 Å². The van der Waals surface area contributed by atoms with Gasteiger partial charge in [0.1, 0.15) is 5.82 Å². The number of hydrogen-bond acceptors (Lipinski definition) is 2. The molecule has 0 N–H and O–H groups in total.